The van der Waals surface area contributed by atoms with Gasteiger partial charge in [-0.05, 0) is 48.7 Å². The first-order chi connectivity index (χ1) is 16.0. The maximum atomic E-state index is 12.6. The fraction of sp³-hybridized carbons (Fsp3) is 0.240. The second-order valence-electron chi connectivity index (χ2n) is 7.46. The lowest BCUT2D eigenvalue weighted by Gasteiger charge is -2.18. The van der Waals surface area contributed by atoms with Gasteiger partial charge in [0.1, 0.15) is 12.4 Å². The summed E-state index contributed by atoms with van der Waals surface area (Å²) in [5, 5.41) is 9.48. The number of hydrogen-bond donors (Lipinski definition) is 0. The summed E-state index contributed by atoms with van der Waals surface area (Å²) in [6.45, 7) is 4.51. The van der Waals surface area contributed by atoms with Gasteiger partial charge in [-0.3, -0.25) is 9.36 Å². The molecule has 1 atom stereocenters. The molecule has 0 aliphatic carbocycles. The van der Waals surface area contributed by atoms with Crippen LogP contribution in [0.2, 0.25) is 4.34 Å². The minimum Gasteiger partial charge on any atom is -0.486 e. The molecule has 5 nitrogen and oxygen atoms in total. The fourth-order valence-corrected chi connectivity index (χ4v) is 5.40. The third-order valence-corrected chi connectivity index (χ3v) is 7.50. The van der Waals surface area contributed by atoms with Gasteiger partial charge in [0.2, 0.25) is 0 Å². The van der Waals surface area contributed by atoms with Crippen LogP contribution < -0.4 is 4.74 Å². The van der Waals surface area contributed by atoms with Crippen molar-refractivity contribution in [1.82, 2.24) is 14.8 Å². The predicted octanol–water partition coefficient (Wildman–Crippen LogP) is 6.72. The highest BCUT2D eigenvalue weighted by molar-refractivity contribution is 7.99. The molecule has 0 unspecified atom stereocenters. The van der Waals surface area contributed by atoms with Gasteiger partial charge in [-0.15, -0.1) is 21.5 Å². The first-order valence-electron chi connectivity index (χ1n) is 10.7. The first kappa shape index (κ1) is 23.5. The van der Waals surface area contributed by atoms with Crippen LogP contribution in [0.25, 0.3) is 0 Å². The molecule has 2 aromatic carbocycles. The Labute approximate surface area is 206 Å². The predicted molar refractivity (Wildman–Crippen MR) is 135 cm³/mol. The topological polar surface area (TPSA) is 57.0 Å². The molecule has 170 valence electrons. The quantitative estimate of drug-likeness (QED) is 0.180. The second kappa shape index (κ2) is 11.0. The number of thioether (sulfide) groups is 1. The van der Waals surface area contributed by atoms with Gasteiger partial charge < -0.3 is 4.74 Å². The van der Waals surface area contributed by atoms with Gasteiger partial charge in [0.25, 0.3) is 0 Å². The van der Waals surface area contributed by atoms with E-state index in [0.717, 1.165) is 17.7 Å². The van der Waals surface area contributed by atoms with Crippen molar-refractivity contribution >= 4 is 40.5 Å². The van der Waals surface area contributed by atoms with Crippen molar-refractivity contribution in [3.8, 4) is 5.75 Å². The van der Waals surface area contributed by atoms with Crippen LogP contribution in [0.4, 0.5) is 0 Å². The van der Waals surface area contributed by atoms with E-state index < -0.39 is 0 Å². The number of ketones is 1. The van der Waals surface area contributed by atoms with E-state index >= 15 is 0 Å². The standard InChI is InChI=1S/C25H24ClN3O2S2/c1-3-18-9-11-20(12-10-18)31-15-24-27-28-25(29(24)17(2)19-7-5-4-6-8-19)32-16-21(30)22-13-14-23(26)33-22/h4-14,17H,3,15-16H2,1-2H3/t17-/m0/s1. The van der Waals surface area contributed by atoms with Gasteiger partial charge >= 0.3 is 0 Å². The molecule has 0 N–H and O–H groups in total. The molecule has 2 heterocycles. The van der Waals surface area contributed by atoms with Crippen molar-refractivity contribution in [2.45, 2.75) is 38.1 Å². The number of thiophene rings is 1. The molecule has 8 heteroatoms. The molecular formula is C25H24ClN3O2S2. The van der Waals surface area contributed by atoms with E-state index in [1.54, 1.807) is 12.1 Å². The van der Waals surface area contributed by atoms with Crippen molar-refractivity contribution in [3.63, 3.8) is 0 Å². The minimum absolute atomic E-state index is 0.0175. The Morgan fingerprint density at radius 2 is 1.85 bits per heavy atom. The molecule has 0 amide bonds. The zero-order chi connectivity index (χ0) is 23.2. The lowest BCUT2D eigenvalue weighted by Crippen LogP contribution is -2.14. The number of hydrogen-bond acceptors (Lipinski definition) is 6. The summed E-state index contributed by atoms with van der Waals surface area (Å²) >= 11 is 8.65. The Morgan fingerprint density at radius 3 is 2.52 bits per heavy atom. The van der Waals surface area contributed by atoms with Gasteiger partial charge in [-0.1, -0.05) is 72.8 Å². The van der Waals surface area contributed by atoms with Crippen LogP contribution >= 0.6 is 34.7 Å². The van der Waals surface area contributed by atoms with Gasteiger partial charge in [-0.25, -0.2) is 0 Å². The van der Waals surface area contributed by atoms with Crippen molar-refractivity contribution in [2.24, 2.45) is 0 Å². The molecule has 0 saturated heterocycles. The maximum absolute atomic E-state index is 12.6. The Kier molecular flexibility index (Phi) is 7.85. The highest BCUT2D eigenvalue weighted by Gasteiger charge is 2.21. The number of ether oxygens (including phenoxy) is 1. The molecule has 0 bridgehead atoms. The number of aromatic nitrogens is 3. The molecule has 0 fully saturated rings. The maximum Gasteiger partial charge on any atom is 0.192 e. The Bertz CT molecular complexity index is 1210. The molecule has 0 saturated carbocycles. The van der Waals surface area contributed by atoms with Gasteiger partial charge in [0.15, 0.2) is 16.8 Å². The van der Waals surface area contributed by atoms with Crippen LogP contribution in [0.3, 0.4) is 0 Å². The van der Waals surface area contributed by atoms with Crippen LogP contribution in [0.5, 0.6) is 5.75 Å². The lowest BCUT2D eigenvalue weighted by molar-refractivity contribution is 0.102. The fourth-order valence-electron chi connectivity index (χ4n) is 3.41. The number of Topliss-reactive ketones (excluding diaryl/α,β-unsaturated/α-hetero) is 1. The largest absolute Gasteiger partial charge is 0.486 e. The summed E-state index contributed by atoms with van der Waals surface area (Å²) in [7, 11) is 0. The Hall–Kier alpha value is -2.61. The zero-order valence-electron chi connectivity index (χ0n) is 18.4. The zero-order valence-corrected chi connectivity index (χ0v) is 20.8. The first-order valence-corrected chi connectivity index (χ1v) is 12.8. The van der Waals surface area contributed by atoms with E-state index in [0.29, 0.717) is 20.2 Å². The number of aryl methyl sites for hydroxylation is 1. The summed E-state index contributed by atoms with van der Waals surface area (Å²) in [6.07, 6.45) is 0.986. The molecule has 2 aromatic heterocycles. The number of carbonyl (C=O) groups excluding carboxylic acids is 1. The second-order valence-corrected chi connectivity index (χ2v) is 10.1. The van der Waals surface area contributed by atoms with E-state index in [-0.39, 0.29) is 24.2 Å². The molecular weight excluding hydrogens is 474 g/mol. The highest BCUT2D eigenvalue weighted by atomic mass is 35.5. The van der Waals surface area contributed by atoms with Crippen LogP contribution in [0.15, 0.2) is 71.9 Å². The SMILES string of the molecule is CCc1ccc(OCc2nnc(SCC(=O)c3ccc(Cl)s3)n2[C@@H](C)c2ccccc2)cc1. The van der Waals surface area contributed by atoms with Crippen LogP contribution in [0, 0.1) is 0 Å². The van der Waals surface area contributed by atoms with Crippen LogP contribution in [-0.4, -0.2) is 26.3 Å². The number of benzene rings is 2. The molecule has 0 aliphatic heterocycles. The summed E-state index contributed by atoms with van der Waals surface area (Å²) in [5.74, 6) is 1.77. The molecule has 4 aromatic rings. The van der Waals surface area contributed by atoms with E-state index in [1.165, 1.54) is 28.7 Å². The summed E-state index contributed by atoms with van der Waals surface area (Å²) in [5.41, 5.74) is 2.39. The smallest absolute Gasteiger partial charge is 0.192 e. The summed E-state index contributed by atoms with van der Waals surface area (Å²) in [4.78, 5) is 13.2. The van der Waals surface area contributed by atoms with Crippen LogP contribution in [-0.2, 0) is 13.0 Å². The van der Waals surface area contributed by atoms with Gasteiger partial charge in [-0.2, -0.15) is 0 Å². The lowest BCUT2D eigenvalue weighted by atomic mass is 10.1. The number of rotatable bonds is 10. The minimum atomic E-state index is -0.0175. The Balaban J connectivity index is 1.55. The third-order valence-electron chi connectivity index (χ3n) is 5.28. The third kappa shape index (κ3) is 5.85. The highest BCUT2D eigenvalue weighted by Crippen LogP contribution is 2.29. The molecule has 0 aliphatic rings. The molecule has 0 radical (unpaired) electrons. The Morgan fingerprint density at radius 1 is 1.09 bits per heavy atom. The van der Waals surface area contributed by atoms with E-state index in [9.17, 15) is 4.79 Å². The summed E-state index contributed by atoms with van der Waals surface area (Å²) < 4.78 is 8.67. The van der Waals surface area contributed by atoms with Gasteiger partial charge in [0, 0.05) is 0 Å². The number of nitrogens with zero attached hydrogens (tertiary/aromatic N) is 3. The van der Waals surface area contributed by atoms with Crippen molar-refractivity contribution in [2.75, 3.05) is 5.75 Å². The summed E-state index contributed by atoms with van der Waals surface area (Å²) in [6, 6.07) is 21.7. The van der Waals surface area contributed by atoms with E-state index in [2.05, 4.69) is 52.9 Å². The molecule has 4 rings (SSSR count). The van der Waals surface area contributed by atoms with Crippen molar-refractivity contribution < 1.29 is 9.53 Å². The normalized spacial score (nSPS) is 12.0. The monoisotopic (exact) mass is 497 g/mol. The van der Waals surface area contributed by atoms with Crippen molar-refractivity contribution in [3.05, 3.63) is 92.9 Å². The van der Waals surface area contributed by atoms with E-state index in [4.69, 9.17) is 16.3 Å². The molecule has 33 heavy (non-hydrogen) atoms. The van der Waals surface area contributed by atoms with Crippen molar-refractivity contribution in [1.29, 1.82) is 0 Å². The molecule has 0 spiro atoms. The van der Waals surface area contributed by atoms with Crippen LogP contribution in [0.1, 0.15) is 46.5 Å². The average Bonchev–Trinajstić information content (AvgIpc) is 3.47. The van der Waals surface area contributed by atoms with E-state index in [1.807, 2.05) is 30.3 Å². The number of halogens is 1. The average molecular weight is 498 g/mol. The van der Waals surface area contributed by atoms with Gasteiger partial charge in [0.05, 0.1) is 21.0 Å². The number of carbonyl (C=O) groups is 1.